The molecule has 4 aromatic rings. The largest absolute Gasteiger partial charge is 0.371 e. The first-order chi connectivity index (χ1) is 17.2. The highest BCUT2D eigenvalue weighted by Gasteiger charge is 2.20. The minimum absolute atomic E-state index is 0.0968. The summed E-state index contributed by atoms with van der Waals surface area (Å²) in [5.41, 5.74) is 0.917. The minimum atomic E-state index is -4.07. The molecule has 1 aliphatic rings. The van der Waals surface area contributed by atoms with Crippen LogP contribution in [-0.4, -0.2) is 37.1 Å². The molecule has 0 atom stereocenters. The van der Waals surface area contributed by atoms with Crippen LogP contribution in [0, 0.1) is 0 Å². The number of fused-ring (bicyclic) bond motifs is 1. The van der Waals surface area contributed by atoms with Gasteiger partial charge in [-0.15, -0.1) is 11.3 Å². The number of thiophene rings is 1. The number of urea groups is 1. The van der Waals surface area contributed by atoms with Gasteiger partial charge < -0.3 is 15.2 Å². The molecule has 3 heterocycles. The molecule has 2 amide bonds. The Balaban J connectivity index is 1.36. The SMILES string of the molecule is O=C(Nc1ccc(-n2c(=O)[nH]c3cc(N4CCCC4)ccc3c2=O)cc1)NS(=O)(=O)c1ccc(Cl)s1. The van der Waals surface area contributed by atoms with Crippen molar-refractivity contribution in [2.45, 2.75) is 17.1 Å². The van der Waals surface area contributed by atoms with Crippen LogP contribution in [0.15, 0.2) is 68.4 Å². The maximum Gasteiger partial charge on any atom is 0.333 e. The summed E-state index contributed by atoms with van der Waals surface area (Å²) in [6.07, 6.45) is 2.23. The fourth-order valence-electron chi connectivity index (χ4n) is 4.08. The van der Waals surface area contributed by atoms with Crippen molar-refractivity contribution < 1.29 is 13.2 Å². The molecule has 0 unspecified atom stereocenters. The Morgan fingerprint density at radius 2 is 1.67 bits per heavy atom. The number of carbonyl (C=O) groups is 1. The highest BCUT2D eigenvalue weighted by molar-refractivity contribution is 7.92. The van der Waals surface area contributed by atoms with Crippen LogP contribution < -0.4 is 26.2 Å². The lowest BCUT2D eigenvalue weighted by Gasteiger charge is -2.18. The first kappa shape index (κ1) is 24.1. The summed E-state index contributed by atoms with van der Waals surface area (Å²) >= 11 is 6.58. The van der Waals surface area contributed by atoms with Crippen molar-refractivity contribution in [3.05, 3.63) is 79.8 Å². The van der Waals surface area contributed by atoms with Crippen LogP contribution in [0.4, 0.5) is 16.2 Å². The average molecular weight is 546 g/mol. The van der Waals surface area contributed by atoms with Gasteiger partial charge in [0, 0.05) is 24.5 Å². The van der Waals surface area contributed by atoms with E-state index in [1.807, 2.05) is 16.9 Å². The number of nitrogens with zero attached hydrogens (tertiary/aromatic N) is 2. The van der Waals surface area contributed by atoms with Gasteiger partial charge in [0.25, 0.3) is 15.6 Å². The quantitative estimate of drug-likeness (QED) is 0.351. The molecule has 0 bridgehead atoms. The monoisotopic (exact) mass is 545 g/mol. The number of rotatable bonds is 5. The molecule has 0 spiro atoms. The zero-order valence-corrected chi connectivity index (χ0v) is 21.0. The number of hydrogen-bond donors (Lipinski definition) is 3. The van der Waals surface area contributed by atoms with Gasteiger partial charge in [0.05, 0.1) is 20.9 Å². The van der Waals surface area contributed by atoms with Gasteiger partial charge in [-0.1, -0.05) is 11.6 Å². The molecule has 1 aliphatic heterocycles. The number of H-pyrrole nitrogens is 1. The number of amides is 2. The highest BCUT2D eigenvalue weighted by Crippen LogP contribution is 2.25. The van der Waals surface area contributed by atoms with Gasteiger partial charge in [-0.3, -0.25) is 4.79 Å². The van der Waals surface area contributed by atoms with Crippen LogP contribution in [0.5, 0.6) is 0 Å². The third-order valence-corrected chi connectivity index (χ3v) is 8.83. The fraction of sp³-hybridized carbons (Fsp3) is 0.174. The molecule has 1 fully saturated rings. The van der Waals surface area contributed by atoms with Gasteiger partial charge in [0.15, 0.2) is 0 Å². The van der Waals surface area contributed by atoms with Gasteiger partial charge in [0.1, 0.15) is 4.21 Å². The Kier molecular flexibility index (Phi) is 6.33. The second-order valence-corrected chi connectivity index (χ2v) is 11.8. The molecule has 3 N–H and O–H groups in total. The third-order valence-electron chi connectivity index (χ3n) is 5.78. The predicted octanol–water partition coefficient (Wildman–Crippen LogP) is 3.50. The van der Waals surface area contributed by atoms with Crippen molar-refractivity contribution in [3.63, 3.8) is 0 Å². The van der Waals surface area contributed by atoms with E-state index in [4.69, 9.17) is 11.6 Å². The van der Waals surface area contributed by atoms with Gasteiger partial charge in [-0.25, -0.2) is 27.3 Å². The molecule has 2 aromatic heterocycles. The first-order valence-electron chi connectivity index (χ1n) is 10.9. The van der Waals surface area contributed by atoms with Crippen LogP contribution in [0.3, 0.4) is 0 Å². The second kappa shape index (κ2) is 9.45. The summed E-state index contributed by atoms with van der Waals surface area (Å²) in [7, 11) is -4.07. The van der Waals surface area contributed by atoms with E-state index in [1.165, 1.54) is 36.4 Å². The summed E-state index contributed by atoms with van der Waals surface area (Å²) in [4.78, 5) is 43.1. The number of halogens is 1. The fourth-order valence-corrected chi connectivity index (χ4v) is 6.47. The molecule has 2 aromatic carbocycles. The zero-order valence-electron chi connectivity index (χ0n) is 18.7. The number of sulfonamides is 1. The van der Waals surface area contributed by atoms with E-state index in [1.54, 1.807) is 6.07 Å². The van der Waals surface area contributed by atoms with Crippen LogP contribution in [0.2, 0.25) is 4.34 Å². The number of hydrogen-bond acceptors (Lipinski definition) is 7. The molecule has 5 rings (SSSR count). The van der Waals surface area contributed by atoms with E-state index in [9.17, 15) is 22.8 Å². The summed E-state index contributed by atoms with van der Waals surface area (Å²) in [5.74, 6) is 0. The van der Waals surface area contributed by atoms with E-state index in [0.717, 1.165) is 47.5 Å². The maximum absolute atomic E-state index is 13.1. The minimum Gasteiger partial charge on any atom is -0.371 e. The first-order valence-corrected chi connectivity index (χ1v) is 13.6. The summed E-state index contributed by atoms with van der Waals surface area (Å²) in [5, 5.41) is 2.78. The summed E-state index contributed by atoms with van der Waals surface area (Å²) < 4.78 is 27.6. The number of benzene rings is 2. The zero-order chi connectivity index (χ0) is 25.4. The predicted molar refractivity (Wildman–Crippen MR) is 140 cm³/mol. The Morgan fingerprint density at radius 1 is 0.972 bits per heavy atom. The van der Waals surface area contributed by atoms with E-state index < -0.39 is 27.3 Å². The maximum atomic E-state index is 13.1. The second-order valence-electron chi connectivity index (χ2n) is 8.16. The number of anilines is 2. The van der Waals surface area contributed by atoms with Gasteiger partial charge >= 0.3 is 11.7 Å². The Labute approximate surface area is 214 Å². The molecule has 0 radical (unpaired) electrons. The Bertz CT molecular complexity index is 1690. The lowest BCUT2D eigenvalue weighted by atomic mass is 10.2. The Hall–Kier alpha value is -3.61. The van der Waals surface area contributed by atoms with E-state index in [2.05, 4.69) is 15.2 Å². The number of aromatic nitrogens is 2. The van der Waals surface area contributed by atoms with Crippen molar-refractivity contribution >= 4 is 61.3 Å². The molecule has 0 aliphatic carbocycles. The molecule has 186 valence electrons. The molecule has 36 heavy (non-hydrogen) atoms. The summed E-state index contributed by atoms with van der Waals surface area (Å²) in [6.45, 7) is 1.89. The van der Waals surface area contributed by atoms with Crippen molar-refractivity contribution in [1.29, 1.82) is 0 Å². The van der Waals surface area contributed by atoms with Crippen molar-refractivity contribution in [2.75, 3.05) is 23.3 Å². The molecule has 10 nitrogen and oxygen atoms in total. The van der Waals surface area contributed by atoms with E-state index in [-0.39, 0.29) is 14.2 Å². The van der Waals surface area contributed by atoms with Crippen LogP contribution in [0.25, 0.3) is 16.6 Å². The van der Waals surface area contributed by atoms with Gasteiger partial charge in [0.2, 0.25) is 0 Å². The number of aromatic amines is 1. The van der Waals surface area contributed by atoms with Gasteiger partial charge in [-0.05, 0) is 67.4 Å². The lowest BCUT2D eigenvalue weighted by molar-refractivity contribution is 0.256. The van der Waals surface area contributed by atoms with E-state index >= 15 is 0 Å². The van der Waals surface area contributed by atoms with Crippen molar-refractivity contribution in [2.24, 2.45) is 0 Å². The standard InChI is InChI=1S/C23H20ClN5O5S2/c24-19-9-10-20(35-19)36(33,34)27-22(31)25-14-3-5-15(6-4-14)29-21(30)17-8-7-16(28-11-1-2-12-28)13-18(17)26-23(29)32/h3-10,13H,1-2,11-12H2,(H,26,32)(H2,25,27,31). The van der Waals surface area contributed by atoms with Crippen LogP contribution in [0.1, 0.15) is 12.8 Å². The smallest absolute Gasteiger partial charge is 0.333 e. The third kappa shape index (κ3) is 4.74. The molecular weight excluding hydrogens is 526 g/mol. The average Bonchev–Trinajstić information content (AvgIpc) is 3.52. The van der Waals surface area contributed by atoms with Crippen molar-refractivity contribution in [1.82, 2.24) is 14.3 Å². The summed E-state index contributed by atoms with van der Waals surface area (Å²) in [6, 6.07) is 13.0. The normalized spacial score (nSPS) is 13.8. The van der Waals surface area contributed by atoms with Gasteiger partial charge in [-0.2, -0.15) is 0 Å². The topological polar surface area (TPSA) is 133 Å². The van der Waals surface area contributed by atoms with Crippen LogP contribution in [-0.2, 0) is 10.0 Å². The Morgan fingerprint density at radius 3 is 2.33 bits per heavy atom. The highest BCUT2D eigenvalue weighted by atomic mass is 35.5. The van der Waals surface area contributed by atoms with Crippen molar-refractivity contribution in [3.8, 4) is 5.69 Å². The molecule has 0 saturated carbocycles. The number of nitrogens with one attached hydrogen (secondary N) is 3. The molecular formula is C23H20ClN5O5S2. The molecule has 13 heteroatoms. The molecule has 1 saturated heterocycles. The van der Waals surface area contributed by atoms with Crippen LogP contribution >= 0.6 is 22.9 Å². The number of carbonyl (C=O) groups excluding carboxylic acids is 1. The van der Waals surface area contributed by atoms with E-state index in [0.29, 0.717) is 16.6 Å². The lowest BCUT2D eigenvalue weighted by Crippen LogP contribution is -2.34.